The minimum Gasteiger partial charge on any atom is -0.384 e. The van der Waals surface area contributed by atoms with Gasteiger partial charge in [0.15, 0.2) is 0 Å². The Morgan fingerprint density at radius 2 is 2.30 bits per heavy atom. The fourth-order valence-corrected chi connectivity index (χ4v) is 1.43. The van der Waals surface area contributed by atoms with Gasteiger partial charge in [-0.3, -0.25) is 4.79 Å². The predicted molar refractivity (Wildman–Crippen MR) is 39.0 cm³/mol. The molecule has 3 heteroatoms. The fraction of sp³-hybridized carbons (Fsp3) is 0.857. The summed E-state index contributed by atoms with van der Waals surface area (Å²) in [4.78, 5) is 10.5. The van der Waals surface area contributed by atoms with Gasteiger partial charge in [-0.05, 0) is 24.4 Å². The number of hydrogen-bond acceptors (Lipinski definition) is 2. The number of hydrogen-bond donors (Lipinski definition) is 0. The molecule has 10 heavy (non-hydrogen) atoms. The summed E-state index contributed by atoms with van der Waals surface area (Å²) in [6.07, 6.45) is 2.64. The third kappa shape index (κ3) is 1.96. The fourth-order valence-electron chi connectivity index (χ4n) is 1.15. The average Bonchev–Trinajstić information content (AvgIpc) is 2.47. The van der Waals surface area contributed by atoms with Gasteiger partial charge in [-0.2, -0.15) is 0 Å². The lowest BCUT2D eigenvalue weighted by Crippen LogP contribution is -2.11. The van der Waals surface area contributed by atoms with Gasteiger partial charge < -0.3 is 4.74 Å². The molecule has 0 aliphatic heterocycles. The van der Waals surface area contributed by atoms with Crippen LogP contribution in [0.2, 0.25) is 0 Å². The standard InChI is InChI=1S/C7H11ClO2/c1-10-5-7(2-3-7)4-6(8)9/h2-5H2,1H3. The van der Waals surface area contributed by atoms with Crippen LogP contribution in [0.5, 0.6) is 0 Å². The molecule has 0 amide bonds. The SMILES string of the molecule is COCC1(CC(=O)Cl)CC1. The third-order valence-electron chi connectivity index (χ3n) is 1.92. The Bertz CT molecular complexity index is 141. The lowest BCUT2D eigenvalue weighted by Gasteiger charge is -2.09. The van der Waals surface area contributed by atoms with E-state index >= 15 is 0 Å². The molecule has 0 atom stereocenters. The molecule has 0 unspecified atom stereocenters. The van der Waals surface area contributed by atoms with Crippen molar-refractivity contribution in [3.8, 4) is 0 Å². The van der Waals surface area contributed by atoms with Crippen molar-refractivity contribution in [2.24, 2.45) is 5.41 Å². The Balaban J connectivity index is 2.30. The van der Waals surface area contributed by atoms with Gasteiger partial charge in [-0.25, -0.2) is 0 Å². The van der Waals surface area contributed by atoms with Crippen LogP contribution in [0.4, 0.5) is 0 Å². The van der Waals surface area contributed by atoms with Gasteiger partial charge in [0, 0.05) is 18.9 Å². The van der Waals surface area contributed by atoms with Gasteiger partial charge in [0.25, 0.3) is 0 Å². The Morgan fingerprint density at radius 1 is 1.70 bits per heavy atom. The smallest absolute Gasteiger partial charge is 0.222 e. The zero-order chi connectivity index (χ0) is 7.61. The predicted octanol–water partition coefficient (Wildman–Crippen LogP) is 1.57. The van der Waals surface area contributed by atoms with Crippen LogP contribution in [0.1, 0.15) is 19.3 Å². The van der Waals surface area contributed by atoms with Gasteiger partial charge in [-0.15, -0.1) is 0 Å². The highest BCUT2D eigenvalue weighted by molar-refractivity contribution is 6.63. The van der Waals surface area contributed by atoms with E-state index in [1.807, 2.05) is 0 Å². The molecule has 2 nitrogen and oxygen atoms in total. The van der Waals surface area contributed by atoms with E-state index in [2.05, 4.69) is 0 Å². The second kappa shape index (κ2) is 2.89. The van der Waals surface area contributed by atoms with E-state index in [0.29, 0.717) is 13.0 Å². The second-order valence-electron chi connectivity index (χ2n) is 2.96. The largest absolute Gasteiger partial charge is 0.384 e. The molecule has 0 aromatic carbocycles. The molecule has 0 heterocycles. The first kappa shape index (κ1) is 8.02. The number of rotatable bonds is 4. The van der Waals surface area contributed by atoms with E-state index in [1.165, 1.54) is 0 Å². The van der Waals surface area contributed by atoms with E-state index in [0.717, 1.165) is 12.8 Å². The van der Waals surface area contributed by atoms with Crippen LogP contribution in [0, 0.1) is 5.41 Å². The second-order valence-corrected chi connectivity index (χ2v) is 3.39. The van der Waals surface area contributed by atoms with Crippen molar-refractivity contribution >= 4 is 16.8 Å². The Kier molecular flexibility index (Phi) is 2.32. The van der Waals surface area contributed by atoms with Crippen molar-refractivity contribution in [3.05, 3.63) is 0 Å². The van der Waals surface area contributed by atoms with Gasteiger partial charge >= 0.3 is 0 Å². The molecule has 1 aliphatic carbocycles. The number of carbonyl (C=O) groups excluding carboxylic acids is 1. The molecule has 0 spiro atoms. The molecule has 1 fully saturated rings. The molecule has 1 saturated carbocycles. The molecule has 0 aromatic rings. The highest BCUT2D eigenvalue weighted by Gasteiger charge is 2.43. The lowest BCUT2D eigenvalue weighted by molar-refractivity contribution is -0.113. The van der Waals surface area contributed by atoms with Crippen LogP contribution < -0.4 is 0 Å². The number of methoxy groups -OCH3 is 1. The lowest BCUT2D eigenvalue weighted by atomic mass is 10.1. The summed E-state index contributed by atoms with van der Waals surface area (Å²) in [6, 6.07) is 0. The Labute approximate surface area is 65.5 Å². The minimum absolute atomic E-state index is 0.119. The van der Waals surface area contributed by atoms with E-state index in [9.17, 15) is 4.79 Å². The van der Waals surface area contributed by atoms with E-state index in [1.54, 1.807) is 7.11 Å². The van der Waals surface area contributed by atoms with Gasteiger partial charge in [0.05, 0.1) is 6.61 Å². The minimum atomic E-state index is -0.241. The average molecular weight is 163 g/mol. The maximum absolute atomic E-state index is 10.5. The maximum atomic E-state index is 10.5. The molecule has 1 aliphatic rings. The normalized spacial score (nSPS) is 20.6. The van der Waals surface area contributed by atoms with Crippen LogP contribution in [0.15, 0.2) is 0 Å². The monoisotopic (exact) mass is 162 g/mol. The molecular weight excluding hydrogens is 152 g/mol. The maximum Gasteiger partial charge on any atom is 0.222 e. The molecule has 1 rings (SSSR count). The van der Waals surface area contributed by atoms with Crippen molar-refractivity contribution in [1.82, 2.24) is 0 Å². The van der Waals surface area contributed by atoms with Crippen LogP contribution in [0.3, 0.4) is 0 Å². The highest BCUT2D eigenvalue weighted by atomic mass is 35.5. The van der Waals surface area contributed by atoms with Crippen molar-refractivity contribution in [2.75, 3.05) is 13.7 Å². The number of ether oxygens (including phenoxy) is 1. The van der Waals surface area contributed by atoms with Crippen LogP contribution in [-0.2, 0) is 9.53 Å². The molecular formula is C7H11ClO2. The molecule has 0 N–H and O–H groups in total. The summed E-state index contributed by atoms with van der Waals surface area (Å²) in [5.74, 6) is 0. The van der Waals surface area contributed by atoms with E-state index in [4.69, 9.17) is 16.3 Å². The van der Waals surface area contributed by atoms with Gasteiger partial charge in [0.2, 0.25) is 5.24 Å². The quantitative estimate of drug-likeness (QED) is 0.587. The van der Waals surface area contributed by atoms with Gasteiger partial charge in [-0.1, -0.05) is 0 Å². The Morgan fingerprint density at radius 3 is 2.60 bits per heavy atom. The van der Waals surface area contributed by atoms with Crippen molar-refractivity contribution in [3.63, 3.8) is 0 Å². The van der Waals surface area contributed by atoms with Crippen LogP contribution in [-0.4, -0.2) is 19.0 Å². The van der Waals surface area contributed by atoms with Crippen molar-refractivity contribution < 1.29 is 9.53 Å². The third-order valence-corrected chi connectivity index (χ3v) is 2.06. The molecule has 0 radical (unpaired) electrons. The molecule has 0 aromatic heterocycles. The zero-order valence-electron chi connectivity index (χ0n) is 6.02. The summed E-state index contributed by atoms with van der Waals surface area (Å²) in [5, 5.41) is -0.241. The van der Waals surface area contributed by atoms with Crippen molar-refractivity contribution in [1.29, 1.82) is 0 Å². The highest BCUT2D eigenvalue weighted by Crippen LogP contribution is 2.49. The summed E-state index contributed by atoms with van der Waals surface area (Å²) < 4.78 is 4.96. The molecule has 0 bridgehead atoms. The first-order chi connectivity index (χ1) is 4.68. The van der Waals surface area contributed by atoms with Crippen LogP contribution >= 0.6 is 11.6 Å². The first-order valence-corrected chi connectivity index (χ1v) is 3.74. The summed E-state index contributed by atoms with van der Waals surface area (Å²) in [7, 11) is 1.65. The molecule has 0 saturated heterocycles. The zero-order valence-corrected chi connectivity index (χ0v) is 6.78. The molecule has 58 valence electrons. The first-order valence-electron chi connectivity index (χ1n) is 3.36. The Hall–Kier alpha value is -0.0800. The number of halogens is 1. The summed E-state index contributed by atoms with van der Waals surface area (Å²) in [6.45, 7) is 0.672. The van der Waals surface area contributed by atoms with Gasteiger partial charge in [0.1, 0.15) is 0 Å². The van der Waals surface area contributed by atoms with E-state index in [-0.39, 0.29) is 10.7 Å². The van der Waals surface area contributed by atoms with E-state index < -0.39 is 0 Å². The van der Waals surface area contributed by atoms with Crippen molar-refractivity contribution in [2.45, 2.75) is 19.3 Å². The topological polar surface area (TPSA) is 26.3 Å². The van der Waals surface area contributed by atoms with Crippen LogP contribution in [0.25, 0.3) is 0 Å². The summed E-state index contributed by atoms with van der Waals surface area (Å²) in [5.41, 5.74) is 0.119. The number of carbonyl (C=O) groups is 1. The summed E-state index contributed by atoms with van der Waals surface area (Å²) >= 11 is 5.24.